The van der Waals surface area contributed by atoms with E-state index in [0.29, 0.717) is 16.9 Å². The minimum atomic E-state index is -0.284. The average molecular weight is 339 g/mol. The van der Waals surface area contributed by atoms with Crippen molar-refractivity contribution in [3.63, 3.8) is 0 Å². The molecule has 0 saturated carbocycles. The molecule has 130 valence electrons. The normalized spacial score (nSPS) is 12.0. The van der Waals surface area contributed by atoms with E-state index in [-0.39, 0.29) is 5.91 Å². The van der Waals surface area contributed by atoms with Crippen LogP contribution in [-0.2, 0) is 13.6 Å². The Hall–Kier alpha value is -3.03. The summed E-state index contributed by atoms with van der Waals surface area (Å²) < 4.78 is 3.51. The Kier molecular flexibility index (Phi) is 4.35. The number of nitrogens with one attached hydrogen (secondary N) is 1. The first-order chi connectivity index (χ1) is 11.9. The van der Waals surface area contributed by atoms with Crippen molar-refractivity contribution in [3.8, 4) is 0 Å². The highest BCUT2D eigenvalue weighted by Gasteiger charge is 2.17. The average Bonchev–Trinajstić information content (AvgIpc) is 3.16. The van der Waals surface area contributed by atoms with Gasteiger partial charge in [-0.15, -0.1) is 0 Å². The number of pyridine rings is 1. The van der Waals surface area contributed by atoms with Gasteiger partial charge in [0.05, 0.1) is 28.0 Å². The number of hydrazone groups is 1. The fourth-order valence-corrected chi connectivity index (χ4v) is 2.89. The first-order valence-corrected chi connectivity index (χ1v) is 8.10. The van der Waals surface area contributed by atoms with Crippen LogP contribution in [0.5, 0.6) is 0 Å². The third-order valence-corrected chi connectivity index (χ3v) is 4.05. The van der Waals surface area contributed by atoms with Gasteiger partial charge in [-0.3, -0.25) is 14.2 Å². The van der Waals surface area contributed by atoms with Crippen LogP contribution in [0.3, 0.4) is 0 Å². The molecule has 0 aliphatic heterocycles. The highest BCUT2D eigenvalue weighted by Crippen LogP contribution is 2.21. The number of carbonyl (C=O) groups excluding carboxylic acids is 1. The lowest BCUT2D eigenvalue weighted by Gasteiger charge is -2.07. The van der Waals surface area contributed by atoms with Crippen molar-refractivity contribution in [1.82, 2.24) is 30.0 Å². The molecule has 3 aromatic rings. The van der Waals surface area contributed by atoms with E-state index >= 15 is 0 Å². The van der Waals surface area contributed by atoms with Crippen molar-refractivity contribution >= 4 is 22.7 Å². The predicted octanol–water partition coefficient (Wildman–Crippen LogP) is 1.96. The molecule has 3 rings (SSSR count). The van der Waals surface area contributed by atoms with Gasteiger partial charge in [-0.25, -0.2) is 10.4 Å². The van der Waals surface area contributed by atoms with Crippen LogP contribution in [0.15, 0.2) is 23.4 Å². The lowest BCUT2D eigenvalue weighted by molar-refractivity contribution is 0.0956. The Balaban J connectivity index is 1.94. The molecule has 0 unspecified atom stereocenters. The zero-order chi connectivity index (χ0) is 18.1. The second kappa shape index (κ2) is 6.46. The maximum Gasteiger partial charge on any atom is 0.272 e. The van der Waals surface area contributed by atoms with Gasteiger partial charge in [-0.1, -0.05) is 0 Å². The van der Waals surface area contributed by atoms with Crippen LogP contribution in [0.2, 0.25) is 0 Å². The molecule has 1 amide bonds. The Morgan fingerprint density at radius 2 is 2.12 bits per heavy atom. The molecular weight excluding hydrogens is 318 g/mol. The predicted molar refractivity (Wildman–Crippen MR) is 95.6 cm³/mol. The number of aryl methyl sites for hydroxylation is 4. The fraction of sp³-hybridized carbons (Fsp3) is 0.353. The molecule has 0 bridgehead atoms. The molecule has 0 atom stereocenters. The zero-order valence-corrected chi connectivity index (χ0v) is 15.0. The van der Waals surface area contributed by atoms with E-state index in [1.807, 2.05) is 45.5 Å². The largest absolute Gasteiger partial charge is 0.272 e. The molecule has 3 aromatic heterocycles. The van der Waals surface area contributed by atoms with Gasteiger partial charge in [0, 0.05) is 25.5 Å². The lowest BCUT2D eigenvalue weighted by Crippen LogP contribution is -2.21. The number of rotatable bonds is 4. The molecular formula is C17H21N7O. The van der Waals surface area contributed by atoms with Crippen LogP contribution in [0.25, 0.3) is 11.0 Å². The Labute approximate surface area is 145 Å². The van der Waals surface area contributed by atoms with E-state index in [9.17, 15) is 4.79 Å². The fourth-order valence-electron chi connectivity index (χ4n) is 2.89. The van der Waals surface area contributed by atoms with Gasteiger partial charge >= 0.3 is 0 Å². The van der Waals surface area contributed by atoms with E-state index < -0.39 is 0 Å². The third-order valence-electron chi connectivity index (χ3n) is 4.05. The summed E-state index contributed by atoms with van der Waals surface area (Å²) in [5.74, 6) is -0.284. The number of hydrogen-bond donors (Lipinski definition) is 1. The standard InChI is InChI=1S/C17H21N7O/c1-6-24-14(7-8-18-24)11(3)20-21-17(25)13-9-10(2)19-16-15(13)12(4)22-23(16)5/h7-9H,6H2,1-5H3,(H,21,25)/b20-11-. The van der Waals surface area contributed by atoms with Gasteiger partial charge < -0.3 is 0 Å². The summed E-state index contributed by atoms with van der Waals surface area (Å²) in [4.78, 5) is 17.2. The van der Waals surface area contributed by atoms with E-state index in [2.05, 4.69) is 25.7 Å². The second-order valence-electron chi connectivity index (χ2n) is 5.89. The number of aromatic nitrogens is 5. The molecule has 1 N–H and O–H groups in total. The highest BCUT2D eigenvalue weighted by molar-refractivity contribution is 6.07. The summed E-state index contributed by atoms with van der Waals surface area (Å²) in [7, 11) is 1.82. The van der Waals surface area contributed by atoms with Crippen LogP contribution in [0, 0.1) is 13.8 Å². The minimum absolute atomic E-state index is 0.284. The van der Waals surface area contributed by atoms with Crippen molar-refractivity contribution in [2.75, 3.05) is 0 Å². The summed E-state index contributed by atoms with van der Waals surface area (Å²) in [5, 5.41) is 13.6. The summed E-state index contributed by atoms with van der Waals surface area (Å²) in [6.07, 6.45) is 1.72. The number of hydrogen-bond acceptors (Lipinski definition) is 5. The molecule has 0 aromatic carbocycles. The maximum absolute atomic E-state index is 12.7. The van der Waals surface area contributed by atoms with Crippen LogP contribution in [0.1, 0.15) is 41.3 Å². The van der Waals surface area contributed by atoms with Gasteiger partial charge in [0.2, 0.25) is 0 Å². The third kappa shape index (κ3) is 3.02. The molecule has 0 fully saturated rings. The van der Waals surface area contributed by atoms with Gasteiger partial charge in [0.1, 0.15) is 0 Å². The van der Waals surface area contributed by atoms with Gasteiger partial charge in [-0.05, 0) is 39.8 Å². The highest BCUT2D eigenvalue weighted by atomic mass is 16.2. The van der Waals surface area contributed by atoms with Crippen molar-refractivity contribution in [2.24, 2.45) is 12.1 Å². The first kappa shape index (κ1) is 16.8. The molecule has 3 heterocycles. The first-order valence-electron chi connectivity index (χ1n) is 8.10. The molecule has 0 saturated heterocycles. The number of fused-ring (bicyclic) bond motifs is 1. The molecule has 0 radical (unpaired) electrons. The molecule has 0 aliphatic carbocycles. The quantitative estimate of drug-likeness (QED) is 0.581. The Morgan fingerprint density at radius 1 is 1.36 bits per heavy atom. The lowest BCUT2D eigenvalue weighted by atomic mass is 10.1. The minimum Gasteiger partial charge on any atom is -0.267 e. The summed E-state index contributed by atoms with van der Waals surface area (Å²) in [6.45, 7) is 8.30. The number of nitrogens with zero attached hydrogens (tertiary/aromatic N) is 6. The van der Waals surface area contributed by atoms with E-state index in [1.165, 1.54) is 0 Å². The van der Waals surface area contributed by atoms with Crippen LogP contribution < -0.4 is 5.43 Å². The topological polar surface area (TPSA) is 90.0 Å². The van der Waals surface area contributed by atoms with Crippen molar-refractivity contribution in [3.05, 3.63) is 41.0 Å². The SMILES string of the molecule is CCn1nccc1/C(C)=N\NC(=O)c1cc(C)nc2c1c(C)nn2C. The molecule has 0 aliphatic rings. The van der Waals surface area contributed by atoms with Gasteiger partial charge in [0.25, 0.3) is 5.91 Å². The van der Waals surface area contributed by atoms with E-state index in [0.717, 1.165) is 29.0 Å². The molecule has 8 heteroatoms. The molecule has 25 heavy (non-hydrogen) atoms. The van der Waals surface area contributed by atoms with Crippen molar-refractivity contribution < 1.29 is 4.79 Å². The maximum atomic E-state index is 12.7. The van der Waals surface area contributed by atoms with Crippen molar-refractivity contribution in [2.45, 2.75) is 34.2 Å². The molecule has 8 nitrogen and oxygen atoms in total. The summed E-state index contributed by atoms with van der Waals surface area (Å²) in [6, 6.07) is 3.63. The van der Waals surface area contributed by atoms with Crippen molar-refractivity contribution in [1.29, 1.82) is 0 Å². The van der Waals surface area contributed by atoms with Crippen LogP contribution >= 0.6 is 0 Å². The van der Waals surface area contributed by atoms with Crippen LogP contribution in [-0.4, -0.2) is 36.2 Å². The zero-order valence-electron chi connectivity index (χ0n) is 15.0. The Bertz CT molecular complexity index is 980. The Morgan fingerprint density at radius 3 is 2.84 bits per heavy atom. The van der Waals surface area contributed by atoms with Gasteiger partial charge in [-0.2, -0.15) is 15.3 Å². The monoisotopic (exact) mass is 339 g/mol. The molecule has 0 spiro atoms. The van der Waals surface area contributed by atoms with Gasteiger partial charge in [0.15, 0.2) is 5.65 Å². The number of amides is 1. The van der Waals surface area contributed by atoms with Crippen LogP contribution in [0.4, 0.5) is 0 Å². The summed E-state index contributed by atoms with van der Waals surface area (Å²) in [5.41, 5.74) is 6.93. The van der Waals surface area contributed by atoms with E-state index in [4.69, 9.17) is 0 Å². The number of carbonyl (C=O) groups is 1. The summed E-state index contributed by atoms with van der Waals surface area (Å²) >= 11 is 0. The second-order valence-corrected chi connectivity index (χ2v) is 5.89. The smallest absolute Gasteiger partial charge is 0.267 e. The van der Waals surface area contributed by atoms with E-state index in [1.54, 1.807) is 16.9 Å².